The number of nitrogens with two attached hydrogens (primary N) is 1. The van der Waals surface area contributed by atoms with Crippen LogP contribution in [0, 0.1) is 17.4 Å². The third kappa shape index (κ3) is 1.49. The Kier molecular flexibility index (Phi) is 2.63. The van der Waals surface area contributed by atoms with Crippen LogP contribution in [0.2, 0.25) is 0 Å². The fourth-order valence-corrected chi connectivity index (χ4v) is 2.89. The Bertz CT molecular complexity index is 492. The van der Waals surface area contributed by atoms with Crippen molar-refractivity contribution < 1.29 is 0 Å². The maximum absolute atomic E-state index is 5.34. The summed E-state index contributed by atoms with van der Waals surface area (Å²) in [5, 5.41) is 0.768. The van der Waals surface area contributed by atoms with Crippen molar-refractivity contribution in [3.05, 3.63) is 20.8 Å². The van der Waals surface area contributed by atoms with Gasteiger partial charge in [0.1, 0.15) is 0 Å². The fraction of sp³-hybridized carbons (Fsp3) is 0.222. The first-order valence-corrected chi connectivity index (χ1v) is 6.06. The number of aromatic nitrogens is 1. The summed E-state index contributed by atoms with van der Waals surface area (Å²) in [6.07, 6.45) is 0. The van der Waals surface area contributed by atoms with Gasteiger partial charge in [0.25, 0.3) is 0 Å². The number of hydrogen-bond donors (Lipinski definition) is 2. The predicted octanol–water partition coefficient (Wildman–Crippen LogP) is 2.80. The number of hydrogen-bond acceptors (Lipinski definition) is 4. The Morgan fingerprint density at radius 3 is 2.86 bits per heavy atom. The Hall–Kier alpha value is -0.400. The van der Waals surface area contributed by atoms with E-state index in [0.717, 1.165) is 10.6 Å². The lowest BCUT2D eigenvalue weighted by atomic mass is 10.1. The maximum Gasteiger partial charge on any atom is 0.198 e. The molecule has 0 saturated heterocycles. The number of nitrogen functional groups attached to an aromatic ring is 1. The quantitative estimate of drug-likeness (QED) is 0.483. The van der Waals surface area contributed by atoms with Crippen molar-refractivity contribution in [3.63, 3.8) is 0 Å². The summed E-state index contributed by atoms with van der Waals surface area (Å²) in [7, 11) is 0. The monoisotopic (exact) mass is 319 g/mol. The summed E-state index contributed by atoms with van der Waals surface area (Å²) in [6.45, 7) is 4.22. The van der Waals surface area contributed by atoms with Gasteiger partial charge in [-0.15, -0.1) is 0 Å². The lowest BCUT2D eigenvalue weighted by Crippen LogP contribution is -2.05. The van der Waals surface area contributed by atoms with Crippen LogP contribution in [0.1, 0.15) is 11.1 Å². The van der Waals surface area contributed by atoms with Crippen molar-refractivity contribution in [2.45, 2.75) is 13.8 Å². The molecule has 0 radical (unpaired) electrons. The molecule has 0 fully saturated rings. The Morgan fingerprint density at radius 1 is 1.50 bits per heavy atom. The van der Waals surface area contributed by atoms with Gasteiger partial charge in [0, 0.05) is 3.57 Å². The van der Waals surface area contributed by atoms with Crippen LogP contribution < -0.4 is 11.3 Å². The molecule has 0 unspecified atom stereocenters. The average Bonchev–Trinajstić information content (AvgIpc) is 2.57. The smallest absolute Gasteiger partial charge is 0.198 e. The largest absolute Gasteiger partial charge is 0.300 e. The van der Waals surface area contributed by atoms with Crippen LogP contribution in [0.4, 0.5) is 5.13 Å². The molecular weight excluding hydrogens is 309 g/mol. The third-order valence-electron chi connectivity index (χ3n) is 2.15. The van der Waals surface area contributed by atoms with Gasteiger partial charge < -0.3 is 0 Å². The number of anilines is 1. The molecule has 2 aromatic rings. The second-order valence-corrected chi connectivity index (χ2v) is 5.22. The molecule has 2 rings (SSSR count). The highest BCUT2D eigenvalue weighted by Crippen LogP contribution is 2.32. The van der Waals surface area contributed by atoms with Crippen molar-refractivity contribution >= 4 is 49.3 Å². The minimum atomic E-state index is 0.768. The molecule has 0 amide bonds. The van der Waals surface area contributed by atoms with Gasteiger partial charge >= 0.3 is 0 Å². The molecule has 3 N–H and O–H groups in total. The van der Waals surface area contributed by atoms with Crippen LogP contribution in [-0.2, 0) is 0 Å². The minimum Gasteiger partial charge on any atom is -0.300 e. The molecule has 0 bridgehead atoms. The van der Waals surface area contributed by atoms with E-state index in [1.807, 2.05) is 0 Å². The molecule has 0 atom stereocenters. The van der Waals surface area contributed by atoms with Gasteiger partial charge in [0.05, 0.1) is 10.2 Å². The minimum absolute atomic E-state index is 0.768. The van der Waals surface area contributed by atoms with Gasteiger partial charge in [-0.25, -0.2) is 10.8 Å². The number of nitrogens with zero attached hydrogens (tertiary/aromatic N) is 1. The Balaban J connectivity index is 2.81. The molecular formula is C9H10IN3S. The zero-order chi connectivity index (χ0) is 10.3. The van der Waals surface area contributed by atoms with Crippen molar-refractivity contribution in [3.8, 4) is 0 Å². The topological polar surface area (TPSA) is 50.9 Å². The van der Waals surface area contributed by atoms with Crippen LogP contribution in [0.5, 0.6) is 0 Å². The molecule has 0 spiro atoms. The van der Waals surface area contributed by atoms with E-state index in [9.17, 15) is 0 Å². The van der Waals surface area contributed by atoms with Crippen LogP contribution in [-0.4, -0.2) is 4.98 Å². The van der Waals surface area contributed by atoms with Crippen molar-refractivity contribution in [2.75, 3.05) is 5.43 Å². The van der Waals surface area contributed by atoms with E-state index < -0.39 is 0 Å². The highest BCUT2D eigenvalue weighted by Gasteiger charge is 2.09. The standard InChI is InChI=1S/C9H10IN3S/c1-4-3-6-8(5(2)7(4)10)14-9(12-6)13-11/h3H,11H2,1-2H3,(H,12,13). The maximum atomic E-state index is 5.34. The summed E-state index contributed by atoms with van der Waals surface area (Å²) >= 11 is 3.96. The number of halogens is 1. The number of rotatable bonds is 1. The molecule has 0 aliphatic heterocycles. The Labute approximate surface area is 99.8 Å². The first kappa shape index (κ1) is 10.1. The second kappa shape index (κ2) is 3.63. The van der Waals surface area contributed by atoms with Crippen LogP contribution in [0.3, 0.4) is 0 Å². The van der Waals surface area contributed by atoms with Crippen LogP contribution in [0.25, 0.3) is 10.2 Å². The average molecular weight is 319 g/mol. The molecule has 74 valence electrons. The van der Waals surface area contributed by atoms with E-state index in [-0.39, 0.29) is 0 Å². The fourth-order valence-electron chi connectivity index (χ4n) is 1.42. The molecule has 0 aliphatic rings. The van der Waals surface area contributed by atoms with E-state index in [1.54, 1.807) is 11.3 Å². The van der Waals surface area contributed by atoms with E-state index in [1.165, 1.54) is 19.4 Å². The number of thiazole rings is 1. The number of benzene rings is 1. The van der Waals surface area contributed by atoms with Gasteiger partial charge in [-0.05, 0) is 53.6 Å². The normalized spacial score (nSPS) is 10.9. The zero-order valence-electron chi connectivity index (χ0n) is 7.89. The molecule has 1 aromatic carbocycles. The highest BCUT2D eigenvalue weighted by atomic mass is 127. The van der Waals surface area contributed by atoms with Gasteiger partial charge in [-0.1, -0.05) is 11.3 Å². The Morgan fingerprint density at radius 2 is 2.21 bits per heavy atom. The SMILES string of the molecule is Cc1cc2nc(NN)sc2c(C)c1I. The zero-order valence-corrected chi connectivity index (χ0v) is 10.9. The molecule has 0 saturated carbocycles. The molecule has 14 heavy (non-hydrogen) atoms. The van der Waals surface area contributed by atoms with Crippen LogP contribution >= 0.6 is 33.9 Å². The van der Waals surface area contributed by atoms with Crippen molar-refractivity contribution in [1.29, 1.82) is 0 Å². The van der Waals surface area contributed by atoms with E-state index >= 15 is 0 Å². The summed E-state index contributed by atoms with van der Waals surface area (Å²) < 4.78 is 2.52. The molecule has 1 heterocycles. The number of hydrazine groups is 1. The van der Waals surface area contributed by atoms with Gasteiger partial charge in [0.2, 0.25) is 0 Å². The summed E-state index contributed by atoms with van der Waals surface area (Å²) in [5.74, 6) is 5.34. The lowest BCUT2D eigenvalue weighted by Gasteiger charge is -2.02. The van der Waals surface area contributed by atoms with Gasteiger partial charge in [0.15, 0.2) is 5.13 Å². The first-order valence-electron chi connectivity index (χ1n) is 4.16. The third-order valence-corrected chi connectivity index (χ3v) is 4.93. The number of nitrogens with one attached hydrogen (secondary N) is 1. The predicted molar refractivity (Wildman–Crippen MR) is 69.6 cm³/mol. The van der Waals surface area contributed by atoms with E-state index in [4.69, 9.17) is 5.84 Å². The summed E-state index contributed by atoms with van der Waals surface area (Å²) in [4.78, 5) is 4.37. The van der Waals surface area contributed by atoms with Crippen molar-refractivity contribution in [1.82, 2.24) is 4.98 Å². The molecule has 0 aliphatic carbocycles. The van der Waals surface area contributed by atoms with E-state index in [2.05, 4.69) is 52.9 Å². The molecule has 1 aromatic heterocycles. The lowest BCUT2D eigenvalue weighted by molar-refractivity contribution is 1.30. The number of fused-ring (bicyclic) bond motifs is 1. The van der Waals surface area contributed by atoms with Crippen LogP contribution in [0.15, 0.2) is 6.07 Å². The molecule has 5 heteroatoms. The summed E-state index contributed by atoms with van der Waals surface area (Å²) in [6, 6.07) is 2.10. The first-order chi connectivity index (χ1) is 6.63. The highest BCUT2D eigenvalue weighted by molar-refractivity contribution is 14.1. The number of aryl methyl sites for hydroxylation is 2. The second-order valence-electron chi connectivity index (χ2n) is 3.14. The van der Waals surface area contributed by atoms with Gasteiger partial charge in [-0.3, -0.25) is 5.43 Å². The van der Waals surface area contributed by atoms with E-state index in [0.29, 0.717) is 0 Å². The molecule has 3 nitrogen and oxygen atoms in total. The summed E-state index contributed by atoms with van der Waals surface area (Å²) in [5.41, 5.74) is 6.17. The van der Waals surface area contributed by atoms with Crippen molar-refractivity contribution in [2.24, 2.45) is 5.84 Å². The van der Waals surface area contributed by atoms with Gasteiger partial charge in [-0.2, -0.15) is 0 Å².